The van der Waals surface area contributed by atoms with Gasteiger partial charge in [-0.05, 0) is 49.8 Å². The summed E-state index contributed by atoms with van der Waals surface area (Å²) in [4.78, 5) is 29.7. The molecule has 34 heavy (non-hydrogen) atoms. The van der Waals surface area contributed by atoms with Gasteiger partial charge in [0.1, 0.15) is 5.82 Å². The summed E-state index contributed by atoms with van der Waals surface area (Å²) in [5, 5.41) is 0. The van der Waals surface area contributed by atoms with Crippen LogP contribution in [-0.4, -0.2) is 55.5 Å². The molecule has 1 saturated heterocycles. The Kier molecular flexibility index (Phi) is 5.84. The summed E-state index contributed by atoms with van der Waals surface area (Å²) in [6, 6.07) is 14.4. The molecule has 3 aromatic heterocycles. The fourth-order valence-corrected chi connectivity index (χ4v) is 4.46. The average molecular weight is 453 g/mol. The van der Waals surface area contributed by atoms with Crippen molar-refractivity contribution >= 4 is 29.2 Å². The van der Waals surface area contributed by atoms with Crippen molar-refractivity contribution in [2.24, 2.45) is 0 Å². The Morgan fingerprint density at radius 2 is 1.85 bits per heavy atom. The van der Waals surface area contributed by atoms with E-state index in [0.29, 0.717) is 6.54 Å². The topological polar surface area (TPSA) is 67.2 Å². The molecule has 172 valence electrons. The molecular formula is C27H28N6O. The Morgan fingerprint density at radius 1 is 1.00 bits per heavy atom. The van der Waals surface area contributed by atoms with Gasteiger partial charge in [0.05, 0.1) is 23.3 Å². The van der Waals surface area contributed by atoms with Gasteiger partial charge >= 0.3 is 6.03 Å². The second-order valence-corrected chi connectivity index (χ2v) is 8.57. The number of nitrogens with zero attached hydrogens (tertiary/aromatic N) is 6. The maximum atomic E-state index is 12.1. The van der Waals surface area contributed by atoms with Crippen LogP contribution in [0.15, 0.2) is 54.9 Å². The van der Waals surface area contributed by atoms with Gasteiger partial charge in [0.25, 0.3) is 0 Å². The molecule has 0 atom stereocenters. The number of fused-ring (bicyclic) bond motifs is 1. The van der Waals surface area contributed by atoms with Crippen LogP contribution in [0.1, 0.15) is 29.7 Å². The first-order chi connectivity index (χ1) is 16.5. The fraction of sp³-hybridized carbons (Fsp3) is 0.259. The molecular weight excluding hydrogens is 424 g/mol. The molecule has 0 N–H and O–H groups in total. The molecule has 0 bridgehead atoms. The molecule has 0 saturated carbocycles. The van der Waals surface area contributed by atoms with Gasteiger partial charge in [0, 0.05) is 55.9 Å². The van der Waals surface area contributed by atoms with Crippen LogP contribution in [0.5, 0.6) is 0 Å². The minimum Gasteiger partial charge on any atom is -0.326 e. The summed E-state index contributed by atoms with van der Waals surface area (Å²) in [6.07, 6.45) is 7.74. The van der Waals surface area contributed by atoms with E-state index >= 15 is 0 Å². The minimum absolute atomic E-state index is 0.0603. The number of carbonyl (C=O) groups excluding carboxylic acids is 1. The first-order valence-electron chi connectivity index (χ1n) is 11.6. The van der Waals surface area contributed by atoms with Gasteiger partial charge in [-0.2, -0.15) is 0 Å². The number of likely N-dealkylation sites (N-methyl/N-ethyl adjacent to an activating group) is 1. The number of hydrogen-bond donors (Lipinski definition) is 0. The van der Waals surface area contributed by atoms with Crippen molar-refractivity contribution in [3.63, 3.8) is 0 Å². The molecule has 0 radical (unpaired) electrons. The van der Waals surface area contributed by atoms with Gasteiger partial charge in [-0.15, -0.1) is 0 Å². The number of rotatable bonds is 6. The Labute approximate surface area is 199 Å². The van der Waals surface area contributed by atoms with Gasteiger partial charge in [0.15, 0.2) is 0 Å². The lowest BCUT2D eigenvalue weighted by Crippen LogP contribution is -2.29. The zero-order chi connectivity index (χ0) is 23.7. The normalized spacial score (nSPS) is 14.1. The molecule has 1 fully saturated rings. The predicted octanol–water partition coefficient (Wildman–Crippen LogP) is 4.86. The number of hydrogen-bond acceptors (Lipinski definition) is 4. The molecule has 2 amide bonds. The highest BCUT2D eigenvalue weighted by atomic mass is 16.2. The average Bonchev–Trinajstić information content (AvgIpc) is 3.38. The standard InChI is InChI=1S/C27H28N6O/c1-4-33-24-9-5-7-23(22-8-6-14-28-19(22)2)26(24)30-25(33)13-11-20-10-12-21(29-17-20)18-32-16-15-31(3)27(32)34/h5-14,17H,4,15-16,18H2,1-3H3/b13-11+. The summed E-state index contributed by atoms with van der Waals surface area (Å²) in [6.45, 7) is 7.03. The molecule has 1 aliphatic rings. The van der Waals surface area contributed by atoms with E-state index in [1.54, 1.807) is 4.90 Å². The molecule has 7 heteroatoms. The zero-order valence-electron chi connectivity index (χ0n) is 19.8. The van der Waals surface area contributed by atoms with Crippen molar-refractivity contribution in [1.29, 1.82) is 0 Å². The molecule has 0 unspecified atom stereocenters. The van der Waals surface area contributed by atoms with Gasteiger partial charge in [0.2, 0.25) is 0 Å². The van der Waals surface area contributed by atoms with Gasteiger partial charge in [-0.25, -0.2) is 9.78 Å². The van der Waals surface area contributed by atoms with E-state index in [9.17, 15) is 4.79 Å². The van der Waals surface area contributed by atoms with Crippen LogP contribution in [0.2, 0.25) is 0 Å². The molecule has 1 aliphatic heterocycles. The summed E-state index contributed by atoms with van der Waals surface area (Å²) in [5.41, 5.74) is 7.16. The predicted molar refractivity (Wildman–Crippen MR) is 135 cm³/mol. The molecule has 4 aromatic rings. The Morgan fingerprint density at radius 3 is 2.56 bits per heavy atom. The van der Waals surface area contributed by atoms with Crippen molar-refractivity contribution in [2.75, 3.05) is 20.1 Å². The van der Waals surface area contributed by atoms with E-state index in [1.165, 1.54) is 0 Å². The largest absolute Gasteiger partial charge is 0.326 e. The zero-order valence-corrected chi connectivity index (χ0v) is 19.8. The van der Waals surface area contributed by atoms with Crippen molar-refractivity contribution in [3.05, 3.63) is 77.6 Å². The molecule has 1 aromatic carbocycles. The van der Waals surface area contributed by atoms with Gasteiger partial charge in [-0.3, -0.25) is 9.97 Å². The van der Waals surface area contributed by atoms with Crippen LogP contribution in [0.25, 0.3) is 34.3 Å². The highest BCUT2D eigenvalue weighted by Crippen LogP contribution is 2.30. The first-order valence-corrected chi connectivity index (χ1v) is 11.6. The van der Waals surface area contributed by atoms with E-state index in [-0.39, 0.29) is 6.03 Å². The number of benzene rings is 1. The summed E-state index contributed by atoms with van der Waals surface area (Å²) in [5.74, 6) is 0.904. The number of aromatic nitrogens is 4. The van der Waals surface area contributed by atoms with Crippen LogP contribution in [0.4, 0.5) is 4.79 Å². The van der Waals surface area contributed by atoms with E-state index < -0.39 is 0 Å². The smallest absolute Gasteiger partial charge is 0.320 e. The number of urea groups is 1. The minimum atomic E-state index is 0.0603. The van der Waals surface area contributed by atoms with Crippen LogP contribution in [0.3, 0.4) is 0 Å². The quantitative estimate of drug-likeness (QED) is 0.419. The lowest BCUT2D eigenvalue weighted by atomic mass is 10.0. The van der Waals surface area contributed by atoms with Crippen LogP contribution in [-0.2, 0) is 13.1 Å². The number of carbonyl (C=O) groups is 1. The number of para-hydroxylation sites is 1. The lowest BCUT2D eigenvalue weighted by molar-refractivity contribution is 0.196. The highest BCUT2D eigenvalue weighted by Gasteiger charge is 2.25. The second-order valence-electron chi connectivity index (χ2n) is 8.57. The van der Waals surface area contributed by atoms with E-state index in [2.05, 4.69) is 45.7 Å². The van der Waals surface area contributed by atoms with Crippen molar-refractivity contribution in [1.82, 2.24) is 29.3 Å². The fourth-order valence-electron chi connectivity index (χ4n) is 4.46. The van der Waals surface area contributed by atoms with Crippen molar-refractivity contribution < 1.29 is 4.79 Å². The van der Waals surface area contributed by atoms with E-state index in [4.69, 9.17) is 4.98 Å². The van der Waals surface area contributed by atoms with Crippen molar-refractivity contribution in [3.8, 4) is 11.1 Å². The third-order valence-electron chi connectivity index (χ3n) is 6.35. The number of pyridine rings is 2. The lowest BCUT2D eigenvalue weighted by Gasteiger charge is -2.15. The van der Waals surface area contributed by atoms with Crippen LogP contribution in [0, 0.1) is 6.92 Å². The number of aryl methyl sites for hydroxylation is 2. The van der Waals surface area contributed by atoms with Gasteiger partial charge in [-0.1, -0.05) is 24.3 Å². The summed E-state index contributed by atoms with van der Waals surface area (Å²) < 4.78 is 2.22. The van der Waals surface area contributed by atoms with E-state index in [1.807, 2.05) is 61.6 Å². The highest BCUT2D eigenvalue weighted by molar-refractivity contribution is 5.94. The first kappa shape index (κ1) is 21.8. The Hall–Kier alpha value is -4.00. The van der Waals surface area contributed by atoms with Gasteiger partial charge < -0.3 is 14.4 Å². The maximum absolute atomic E-state index is 12.1. The summed E-state index contributed by atoms with van der Waals surface area (Å²) in [7, 11) is 1.83. The van der Waals surface area contributed by atoms with E-state index in [0.717, 1.165) is 64.6 Å². The molecule has 0 aliphatic carbocycles. The molecule has 0 spiro atoms. The maximum Gasteiger partial charge on any atom is 0.320 e. The number of imidazole rings is 1. The Balaban J connectivity index is 1.41. The molecule has 5 rings (SSSR count). The van der Waals surface area contributed by atoms with Crippen LogP contribution >= 0.6 is 0 Å². The van der Waals surface area contributed by atoms with Crippen LogP contribution < -0.4 is 0 Å². The monoisotopic (exact) mass is 452 g/mol. The number of amides is 2. The Bertz CT molecular complexity index is 1370. The SMILES string of the molecule is CCn1c(/C=C/c2ccc(CN3CCN(C)C3=O)nc2)nc2c(-c3cccnc3C)cccc21. The summed E-state index contributed by atoms with van der Waals surface area (Å²) >= 11 is 0. The molecule has 4 heterocycles. The van der Waals surface area contributed by atoms with Crippen molar-refractivity contribution in [2.45, 2.75) is 26.9 Å². The third kappa shape index (κ3) is 4.05. The molecule has 7 nitrogen and oxygen atoms in total. The second kappa shape index (κ2) is 9.09. The third-order valence-corrected chi connectivity index (χ3v) is 6.35.